The smallest absolute Gasteiger partial charge is 0.335 e. The Bertz CT molecular complexity index is 1960. The Morgan fingerprint density at radius 2 is 1.76 bits per heavy atom. The number of carbonyl (C=O) groups is 2. The highest BCUT2D eigenvalue weighted by Gasteiger charge is 2.31. The van der Waals surface area contributed by atoms with Gasteiger partial charge in [0.15, 0.2) is 0 Å². The van der Waals surface area contributed by atoms with Crippen LogP contribution in [0.15, 0.2) is 66.7 Å². The maximum atomic E-state index is 15.6. The summed E-state index contributed by atoms with van der Waals surface area (Å²) < 4.78 is 52.7. The van der Waals surface area contributed by atoms with E-state index in [2.05, 4.69) is 9.97 Å². The number of ether oxygens (including phenoxy) is 1. The topological polar surface area (TPSA) is 97.5 Å². The highest BCUT2D eigenvalue weighted by molar-refractivity contribution is 5.92. The van der Waals surface area contributed by atoms with Crippen molar-refractivity contribution >= 4 is 22.9 Å². The number of carboxylic acids is 1. The lowest BCUT2D eigenvalue weighted by Gasteiger charge is -2.41. The maximum Gasteiger partial charge on any atom is 0.335 e. The van der Waals surface area contributed by atoms with Crippen LogP contribution in [0, 0.1) is 24.4 Å². The molecule has 0 radical (unpaired) electrons. The average Bonchev–Trinajstić information content (AvgIpc) is 3.32. The Labute approximate surface area is 256 Å². The van der Waals surface area contributed by atoms with E-state index in [0.717, 1.165) is 24.1 Å². The van der Waals surface area contributed by atoms with Crippen molar-refractivity contribution in [3.05, 3.63) is 112 Å². The van der Waals surface area contributed by atoms with Gasteiger partial charge in [0.05, 0.1) is 28.3 Å². The molecule has 2 aromatic heterocycles. The van der Waals surface area contributed by atoms with E-state index in [1.54, 1.807) is 46.7 Å². The van der Waals surface area contributed by atoms with Crippen LogP contribution < -0.4 is 4.74 Å². The van der Waals surface area contributed by atoms with Crippen LogP contribution >= 0.6 is 0 Å². The number of likely N-dealkylation sites (tertiary alicyclic amines) is 1. The van der Waals surface area contributed by atoms with E-state index < -0.39 is 23.4 Å². The lowest BCUT2D eigenvalue weighted by atomic mass is 10.0. The maximum absolute atomic E-state index is 15.6. The van der Waals surface area contributed by atoms with E-state index in [-0.39, 0.29) is 53.2 Å². The summed E-state index contributed by atoms with van der Waals surface area (Å²) in [5.41, 5.74) is 2.34. The summed E-state index contributed by atoms with van der Waals surface area (Å²) in [7, 11) is 0. The molecule has 1 N–H and O–H groups in total. The summed E-state index contributed by atoms with van der Waals surface area (Å²) in [4.78, 5) is 34.3. The van der Waals surface area contributed by atoms with Crippen LogP contribution in [0.3, 0.4) is 0 Å². The van der Waals surface area contributed by atoms with E-state index in [4.69, 9.17) is 4.74 Å². The van der Waals surface area contributed by atoms with Crippen molar-refractivity contribution < 1.29 is 32.6 Å². The minimum atomic E-state index is -1.10. The Balaban J connectivity index is 1.28. The average molecular weight is 615 g/mol. The Hall–Kier alpha value is -5.19. The van der Waals surface area contributed by atoms with Crippen molar-refractivity contribution in [1.29, 1.82) is 0 Å². The molecule has 1 aliphatic rings. The number of nitrogens with zero attached hydrogens (tertiary/aromatic N) is 4. The summed E-state index contributed by atoms with van der Waals surface area (Å²) in [5, 5.41) is 9.54. The minimum absolute atomic E-state index is 0.0468. The molecule has 0 unspecified atom stereocenters. The van der Waals surface area contributed by atoms with Gasteiger partial charge in [-0.2, -0.15) is 0 Å². The first-order chi connectivity index (χ1) is 21.6. The van der Waals surface area contributed by atoms with Gasteiger partial charge in [-0.25, -0.2) is 27.9 Å². The zero-order chi connectivity index (χ0) is 31.8. The van der Waals surface area contributed by atoms with Gasteiger partial charge in [-0.1, -0.05) is 18.2 Å². The van der Waals surface area contributed by atoms with Crippen LogP contribution in [0.4, 0.5) is 13.2 Å². The molecule has 1 saturated heterocycles. The Morgan fingerprint density at radius 1 is 0.956 bits per heavy atom. The lowest BCUT2D eigenvalue weighted by molar-refractivity contribution is -0.136. The van der Waals surface area contributed by atoms with E-state index in [1.165, 1.54) is 31.2 Å². The van der Waals surface area contributed by atoms with Crippen molar-refractivity contribution in [3.8, 4) is 17.1 Å². The number of aromatic carboxylic acids is 1. The van der Waals surface area contributed by atoms with E-state index in [0.29, 0.717) is 35.5 Å². The zero-order valence-corrected chi connectivity index (χ0v) is 24.6. The quantitative estimate of drug-likeness (QED) is 0.209. The first kappa shape index (κ1) is 29.9. The summed E-state index contributed by atoms with van der Waals surface area (Å²) in [6, 6.07) is 16.0. The van der Waals surface area contributed by atoms with Crippen LogP contribution in [-0.4, -0.2) is 49.0 Å². The van der Waals surface area contributed by atoms with Gasteiger partial charge in [-0.05, 0) is 66.9 Å². The molecule has 0 saturated carbocycles. The molecule has 0 bridgehead atoms. The van der Waals surface area contributed by atoms with E-state index in [1.807, 2.05) is 0 Å². The number of benzene rings is 3. The Morgan fingerprint density at radius 3 is 2.47 bits per heavy atom. The number of hydrogen-bond acceptors (Lipinski definition) is 5. The molecule has 3 aromatic carbocycles. The summed E-state index contributed by atoms with van der Waals surface area (Å²) >= 11 is 0. The molecule has 11 heteroatoms. The third-order valence-corrected chi connectivity index (χ3v) is 8.08. The summed E-state index contributed by atoms with van der Waals surface area (Å²) in [5.74, 6) is -2.44. The van der Waals surface area contributed by atoms with Gasteiger partial charge in [0.1, 0.15) is 29.9 Å². The zero-order valence-electron chi connectivity index (χ0n) is 24.6. The minimum Gasteiger partial charge on any atom is -0.478 e. The third kappa shape index (κ3) is 6.11. The van der Waals surface area contributed by atoms with Gasteiger partial charge < -0.3 is 19.3 Å². The molecule has 1 amide bonds. The largest absolute Gasteiger partial charge is 0.478 e. The number of aryl methyl sites for hydroxylation is 1. The van der Waals surface area contributed by atoms with Gasteiger partial charge in [0.2, 0.25) is 11.8 Å². The number of fused-ring (bicyclic) bond motifs is 1. The normalized spacial score (nSPS) is 14.4. The summed E-state index contributed by atoms with van der Waals surface area (Å²) in [6.45, 7) is 4.13. The second-order valence-electron chi connectivity index (χ2n) is 11.1. The van der Waals surface area contributed by atoms with Crippen molar-refractivity contribution in [1.82, 2.24) is 19.4 Å². The number of pyridine rings is 1. The van der Waals surface area contributed by atoms with Crippen LogP contribution in [0.1, 0.15) is 46.2 Å². The number of carboxylic acid groups (broad SMARTS) is 1. The highest BCUT2D eigenvalue weighted by atomic mass is 19.1. The number of halogens is 3. The lowest BCUT2D eigenvalue weighted by Crippen LogP contribution is -2.52. The van der Waals surface area contributed by atoms with Crippen molar-refractivity contribution in [2.75, 3.05) is 6.54 Å². The molecule has 1 aliphatic heterocycles. The fourth-order valence-corrected chi connectivity index (χ4v) is 5.56. The fourth-order valence-electron chi connectivity index (χ4n) is 5.56. The van der Waals surface area contributed by atoms with E-state index >= 15 is 8.78 Å². The van der Waals surface area contributed by atoms with Crippen molar-refractivity contribution in [3.63, 3.8) is 0 Å². The van der Waals surface area contributed by atoms with Crippen LogP contribution in [0.25, 0.3) is 22.3 Å². The number of amides is 1. The van der Waals surface area contributed by atoms with Crippen molar-refractivity contribution in [2.45, 2.75) is 45.9 Å². The van der Waals surface area contributed by atoms with Crippen molar-refractivity contribution in [2.24, 2.45) is 0 Å². The summed E-state index contributed by atoms with van der Waals surface area (Å²) in [6.07, 6.45) is 0.677. The number of hydrogen-bond donors (Lipinski definition) is 1. The molecule has 1 fully saturated rings. The van der Waals surface area contributed by atoms with Gasteiger partial charge in [0, 0.05) is 43.6 Å². The monoisotopic (exact) mass is 614 g/mol. The fraction of sp³-hybridized carbons (Fsp3) is 0.235. The number of imidazole rings is 1. The van der Waals surface area contributed by atoms with Gasteiger partial charge in [-0.15, -0.1) is 0 Å². The molecule has 45 heavy (non-hydrogen) atoms. The molecule has 230 valence electrons. The number of rotatable bonds is 9. The predicted octanol–water partition coefficient (Wildman–Crippen LogP) is 6.31. The second-order valence-corrected chi connectivity index (χ2v) is 11.1. The molecule has 3 heterocycles. The molecule has 6 rings (SSSR count). The molecule has 0 spiro atoms. The van der Waals surface area contributed by atoms with Crippen LogP contribution in [0.5, 0.6) is 5.88 Å². The third-order valence-electron chi connectivity index (χ3n) is 8.08. The number of carbonyl (C=O) groups excluding carboxylic acids is 1. The van der Waals surface area contributed by atoms with Gasteiger partial charge in [-0.3, -0.25) is 4.79 Å². The number of aromatic nitrogens is 3. The first-order valence-corrected chi connectivity index (χ1v) is 14.4. The van der Waals surface area contributed by atoms with E-state index in [9.17, 15) is 19.1 Å². The molecular formula is C34H29F3N4O4. The van der Waals surface area contributed by atoms with Crippen LogP contribution in [-0.2, 0) is 24.4 Å². The van der Waals surface area contributed by atoms with Gasteiger partial charge >= 0.3 is 5.97 Å². The van der Waals surface area contributed by atoms with Gasteiger partial charge in [0.25, 0.3) is 0 Å². The second kappa shape index (κ2) is 12.1. The molecule has 8 nitrogen and oxygen atoms in total. The molecule has 5 aromatic rings. The standard InChI is InChI=1S/C34H29F3N4O4/c1-19-6-7-22(26(35)12-19)18-45-33-5-3-4-29(39-33)25-16-27(36)23(13-28(25)37)15-32-38-30-9-8-21(34(43)44)14-31(30)41(32)17-24-10-11-40(24)20(2)42/h3-9,12-14,16,24H,10-11,15,17-18H2,1-2H3,(H,43,44)/t24-/m1/s1. The molecule has 0 aliphatic carbocycles. The highest BCUT2D eigenvalue weighted by Crippen LogP contribution is 2.30. The first-order valence-electron chi connectivity index (χ1n) is 14.4. The molecular weight excluding hydrogens is 585 g/mol. The molecule has 1 atom stereocenters. The SMILES string of the molecule is CC(=O)N1CC[C@@H]1Cn1c(Cc2cc(F)c(-c3cccc(OCc4ccc(C)cc4F)n3)cc2F)nc2ccc(C(=O)O)cc21. The Kier molecular flexibility index (Phi) is 8.01. The predicted molar refractivity (Wildman–Crippen MR) is 160 cm³/mol. The van der Waals surface area contributed by atoms with Crippen LogP contribution in [0.2, 0.25) is 0 Å².